The highest BCUT2D eigenvalue weighted by molar-refractivity contribution is 9.10. The molecule has 1 aliphatic rings. The molecule has 1 saturated heterocycles. The topological polar surface area (TPSA) is 18.5 Å². The van der Waals surface area contributed by atoms with Crippen molar-refractivity contribution in [1.29, 1.82) is 0 Å². The van der Waals surface area contributed by atoms with Gasteiger partial charge in [0.05, 0.1) is 13.2 Å². The van der Waals surface area contributed by atoms with E-state index in [4.69, 9.17) is 9.47 Å². The summed E-state index contributed by atoms with van der Waals surface area (Å²) >= 11 is 3.49. The van der Waals surface area contributed by atoms with Crippen LogP contribution in [0.1, 0.15) is 11.1 Å². The fraction of sp³-hybridized carbons (Fsp3) is 0.200. The summed E-state index contributed by atoms with van der Waals surface area (Å²) in [6.45, 7) is 1.23. The van der Waals surface area contributed by atoms with Gasteiger partial charge in [-0.15, -0.1) is 0 Å². The molecule has 1 aliphatic heterocycles. The molecule has 3 heteroatoms. The number of ether oxygens (including phenoxy) is 2. The fourth-order valence-electron chi connectivity index (χ4n) is 2.26. The Hall–Kier alpha value is -1.16. The largest absolute Gasteiger partial charge is 0.340 e. The highest BCUT2D eigenvalue weighted by atomic mass is 79.9. The first-order chi connectivity index (χ1) is 8.81. The van der Waals surface area contributed by atoms with Gasteiger partial charge in [-0.25, -0.2) is 0 Å². The third-order valence-corrected chi connectivity index (χ3v) is 3.55. The minimum absolute atomic E-state index is 0.613. The van der Waals surface area contributed by atoms with Crippen LogP contribution in [0.5, 0.6) is 0 Å². The zero-order valence-electron chi connectivity index (χ0n) is 9.80. The molecule has 0 aromatic heterocycles. The monoisotopic (exact) mass is 304 g/mol. The van der Waals surface area contributed by atoms with E-state index in [1.54, 1.807) is 0 Å². The number of rotatable bonds is 2. The van der Waals surface area contributed by atoms with Gasteiger partial charge in [-0.3, -0.25) is 0 Å². The van der Waals surface area contributed by atoms with Gasteiger partial charge in [0.15, 0.2) is 0 Å². The summed E-state index contributed by atoms with van der Waals surface area (Å²) < 4.78 is 12.9. The van der Waals surface area contributed by atoms with Crippen molar-refractivity contribution in [2.75, 3.05) is 13.2 Å². The Labute approximate surface area is 115 Å². The second-order valence-corrected chi connectivity index (χ2v) is 5.11. The van der Waals surface area contributed by atoms with Crippen molar-refractivity contribution in [1.82, 2.24) is 0 Å². The van der Waals surface area contributed by atoms with Crippen LogP contribution in [0.25, 0.3) is 0 Å². The van der Waals surface area contributed by atoms with Crippen LogP contribution in [0.2, 0.25) is 0 Å². The Kier molecular flexibility index (Phi) is 3.20. The molecule has 0 spiro atoms. The normalized spacial score (nSPS) is 17.8. The fourth-order valence-corrected chi connectivity index (χ4v) is 2.66. The zero-order valence-corrected chi connectivity index (χ0v) is 11.4. The maximum Gasteiger partial charge on any atom is 0.222 e. The lowest BCUT2D eigenvalue weighted by Crippen LogP contribution is -2.28. The van der Waals surface area contributed by atoms with Crippen molar-refractivity contribution >= 4 is 15.9 Å². The Bertz CT molecular complexity index is 533. The molecule has 0 bridgehead atoms. The molecule has 0 N–H and O–H groups in total. The van der Waals surface area contributed by atoms with Crippen molar-refractivity contribution in [3.05, 3.63) is 70.2 Å². The average molecular weight is 305 g/mol. The zero-order chi connectivity index (χ0) is 12.4. The van der Waals surface area contributed by atoms with Crippen molar-refractivity contribution in [2.45, 2.75) is 5.79 Å². The molecule has 18 heavy (non-hydrogen) atoms. The number of benzene rings is 2. The van der Waals surface area contributed by atoms with Gasteiger partial charge in [-0.05, 0) is 12.1 Å². The van der Waals surface area contributed by atoms with E-state index in [1.807, 2.05) is 54.6 Å². The lowest BCUT2D eigenvalue weighted by Gasteiger charge is -2.28. The Balaban J connectivity index is 2.13. The van der Waals surface area contributed by atoms with Crippen LogP contribution < -0.4 is 0 Å². The second kappa shape index (κ2) is 4.84. The standard InChI is InChI=1S/C15H13BrO2/c16-14-8-4-7-13(11-14)15(17-9-10-18-15)12-5-2-1-3-6-12/h1-8,11H,9-10H2. The van der Waals surface area contributed by atoms with E-state index >= 15 is 0 Å². The van der Waals surface area contributed by atoms with Crippen LogP contribution >= 0.6 is 15.9 Å². The van der Waals surface area contributed by atoms with Crippen LogP contribution in [-0.2, 0) is 15.3 Å². The van der Waals surface area contributed by atoms with Gasteiger partial charge >= 0.3 is 0 Å². The van der Waals surface area contributed by atoms with Gasteiger partial charge in [-0.1, -0.05) is 58.4 Å². The average Bonchev–Trinajstić information content (AvgIpc) is 2.90. The summed E-state index contributed by atoms with van der Waals surface area (Å²) in [5, 5.41) is 0. The molecule has 0 saturated carbocycles. The molecule has 3 rings (SSSR count). The molecule has 0 unspecified atom stereocenters. The Morgan fingerprint density at radius 1 is 0.833 bits per heavy atom. The van der Waals surface area contributed by atoms with E-state index < -0.39 is 5.79 Å². The summed E-state index contributed by atoms with van der Waals surface area (Å²) in [7, 11) is 0. The van der Waals surface area contributed by atoms with Crippen molar-refractivity contribution < 1.29 is 9.47 Å². The van der Waals surface area contributed by atoms with Crippen LogP contribution in [0, 0.1) is 0 Å². The highest BCUT2D eigenvalue weighted by Crippen LogP contribution is 2.38. The minimum Gasteiger partial charge on any atom is -0.340 e. The van der Waals surface area contributed by atoms with Crippen molar-refractivity contribution in [3.8, 4) is 0 Å². The molecule has 1 heterocycles. The van der Waals surface area contributed by atoms with Crippen molar-refractivity contribution in [2.24, 2.45) is 0 Å². The van der Waals surface area contributed by atoms with E-state index in [-0.39, 0.29) is 0 Å². The Morgan fingerprint density at radius 3 is 2.17 bits per heavy atom. The number of halogens is 1. The molecule has 92 valence electrons. The van der Waals surface area contributed by atoms with E-state index in [1.165, 1.54) is 0 Å². The predicted octanol–water partition coefficient (Wildman–Crippen LogP) is 3.70. The first kappa shape index (κ1) is 11.9. The molecule has 0 amide bonds. The van der Waals surface area contributed by atoms with Gasteiger partial charge in [-0.2, -0.15) is 0 Å². The molecular weight excluding hydrogens is 292 g/mol. The summed E-state index contributed by atoms with van der Waals surface area (Å²) in [4.78, 5) is 0. The molecule has 2 aromatic carbocycles. The van der Waals surface area contributed by atoms with E-state index in [9.17, 15) is 0 Å². The lowest BCUT2D eigenvalue weighted by atomic mass is 9.97. The van der Waals surface area contributed by atoms with E-state index in [0.717, 1.165) is 15.6 Å². The molecular formula is C15H13BrO2. The summed E-state index contributed by atoms with van der Waals surface area (Å²) in [6, 6.07) is 18.1. The predicted molar refractivity (Wildman–Crippen MR) is 73.3 cm³/mol. The smallest absolute Gasteiger partial charge is 0.222 e. The second-order valence-electron chi connectivity index (χ2n) is 4.19. The lowest BCUT2D eigenvalue weighted by molar-refractivity contribution is -0.129. The van der Waals surface area contributed by atoms with Crippen LogP contribution in [-0.4, -0.2) is 13.2 Å². The molecule has 0 atom stereocenters. The SMILES string of the molecule is Brc1cccc(C2(c3ccccc3)OCCO2)c1. The third-order valence-electron chi connectivity index (χ3n) is 3.05. The first-order valence-corrected chi connectivity index (χ1v) is 6.70. The Morgan fingerprint density at radius 2 is 1.50 bits per heavy atom. The summed E-state index contributed by atoms with van der Waals surface area (Å²) in [5.74, 6) is -0.759. The molecule has 0 aliphatic carbocycles. The molecule has 2 nitrogen and oxygen atoms in total. The van der Waals surface area contributed by atoms with Crippen LogP contribution in [0.15, 0.2) is 59.1 Å². The van der Waals surface area contributed by atoms with Crippen LogP contribution in [0.4, 0.5) is 0 Å². The van der Waals surface area contributed by atoms with Gasteiger partial charge in [0.2, 0.25) is 5.79 Å². The maximum atomic E-state index is 5.92. The van der Waals surface area contributed by atoms with Crippen LogP contribution in [0.3, 0.4) is 0 Å². The van der Waals surface area contributed by atoms with Gasteiger partial charge in [0, 0.05) is 15.6 Å². The van der Waals surface area contributed by atoms with Gasteiger partial charge in [0.1, 0.15) is 0 Å². The third kappa shape index (κ3) is 1.99. The van der Waals surface area contributed by atoms with Crippen molar-refractivity contribution in [3.63, 3.8) is 0 Å². The number of hydrogen-bond donors (Lipinski definition) is 0. The highest BCUT2D eigenvalue weighted by Gasteiger charge is 2.40. The molecule has 1 fully saturated rings. The first-order valence-electron chi connectivity index (χ1n) is 5.91. The molecule has 0 radical (unpaired) electrons. The van der Waals surface area contributed by atoms with E-state index in [0.29, 0.717) is 13.2 Å². The molecule has 2 aromatic rings. The minimum atomic E-state index is -0.759. The summed E-state index contributed by atoms with van der Waals surface area (Å²) in [5.41, 5.74) is 2.04. The van der Waals surface area contributed by atoms with Gasteiger partial charge in [0.25, 0.3) is 0 Å². The summed E-state index contributed by atoms with van der Waals surface area (Å²) in [6.07, 6.45) is 0. The van der Waals surface area contributed by atoms with Gasteiger partial charge < -0.3 is 9.47 Å². The number of hydrogen-bond acceptors (Lipinski definition) is 2. The maximum absolute atomic E-state index is 5.92. The quantitative estimate of drug-likeness (QED) is 0.842. The van der Waals surface area contributed by atoms with E-state index in [2.05, 4.69) is 15.9 Å².